The van der Waals surface area contributed by atoms with Crippen LogP contribution in [0.5, 0.6) is 0 Å². The Morgan fingerprint density at radius 1 is 1.08 bits per heavy atom. The number of β-amino-alcohol motifs (C(OH)–C–C–N with tert-alkyl or cyclic N) is 1. The number of halogens is 1. The highest BCUT2D eigenvalue weighted by Crippen LogP contribution is 2.20. The van der Waals surface area contributed by atoms with Crippen LogP contribution in [0.15, 0.2) is 54.6 Å². The smallest absolute Gasteiger partial charge is 0.253 e. The largest absolute Gasteiger partial charge is 0.391 e. The number of benzene rings is 2. The number of hydrogen-bond acceptors (Lipinski definition) is 4. The molecule has 0 aromatic heterocycles. The van der Waals surface area contributed by atoms with Crippen LogP contribution in [0, 0.1) is 5.92 Å². The number of carbonyl (C=O) groups is 1. The molecule has 1 amide bonds. The highest BCUT2D eigenvalue weighted by molar-refractivity contribution is 6.00. The second-order valence-corrected chi connectivity index (χ2v) is 5.73. The van der Waals surface area contributed by atoms with E-state index >= 15 is 0 Å². The third kappa shape index (κ3) is 4.47. The molecule has 6 heteroatoms. The van der Waals surface area contributed by atoms with E-state index in [1.807, 2.05) is 48.5 Å². The Morgan fingerprint density at radius 3 is 2.50 bits per heavy atom. The first kappa shape index (κ1) is 18.3. The summed E-state index contributed by atoms with van der Waals surface area (Å²) < 4.78 is 0. The normalized spacial score (nSPS) is 19.4. The van der Waals surface area contributed by atoms with Crippen LogP contribution < -0.4 is 16.0 Å². The summed E-state index contributed by atoms with van der Waals surface area (Å²) in [6.07, 6.45) is -0.395. The molecular formula is C18H22ClN3O2. The average Bonchev–Trinajstić information content (AvgIpc) is 2.99. The van der Waals surface area contributed by atoms with Gasteiger partial charge in [0, 0.05) is 31.2 Å². The summed E-state index contributed by atoms with van der Waals surface area (Å²) in [7, 11) is 0. The van der Waals surface area contributed by atoms with Gasteiger partial charge in [-0.3, -0.25) is 4.79 Å². The van der Waals surface area contributed by atoms with Crippen molar-refractivity contribution in [2.75, 3.05) is 25.0 Å². The Hall–Kier alpha value is -2.08. The van der Waals surface area contributed by atoms with Crippen LogP contribution in [0.1, 0.15) is 10.4 Å². The fourth-order valence-electron chi connectivity index (χ4n) is 2.71. The summed E-state index contributed by atoms with van der Waals surface area (Å²) in [5.74, 6) is -0.0728. The van der Waals surface area contributed by atoms with Crippen LogP contribution in [0.3, 0.4) is 0 Å². The molecule has 0 bridgehead atoms. The SMILES string of the molecule is Cl.O=C(NCC1CNCC1O)c1ccccc1Nc1ccccc1. The monoisotopic (exact) mass is 347 g/mol. The molecule has 4 N–H and O–H groups in total. The molecule has 0 spiro atoms. The van der Waals surface area contributed by atoms with E-state index in [1.165, 1.54) is 0 Å². The van der Waals surface area contributed by atoms with E-state index in [9.17, 15) is 9.90 Å². The van der Waals surface area contributed by atoms with Crippen LogP contribution in [0.25, 0.3) is 0 Å². The molecule has 3 rings (SSSR count). The summed E-state index contributed by atoms with van der Waals surface area (Å²) >= 11 is 0. The van der Waals surface area contributed by atoms with E-state index in [-0.39, 0.29) is 24.2 Å². The van der Waals surface area contributed by atoms with Crippen LogP contribution >= 0.6 is 12.4 Å². The van der Waals surface area contributed by atoms with Gasteiger partial charge in [0.25, 0.3) is 5.91 Å². The van der Waals surface area contributed by atoms with Crippen LogP contribution in [0.2, 0.25) is 0 Å². The van der Waals surface area contributed by atoms with E-state index in [0.29, 0.717) is 18.7 Å². The van der Waals surface area contributed by atoms with Crippen molar-refractivity contribution < 1.29 is 9.90 Å². The zero-order valence-electron chi connectivity index (χ0n) is 13.2. The number of aliphatic hydroxyl groups is 1. The van der Waals surface area contributed by atoms with Gasteiger partial charge < -0.3 is 21.1 Å². The van der Waals surface area contributed by atoms with Gasteiger partial charge in [-0.15, -0.1) is 12.4 Å². The maximum atomic E-state index is 12.5. The predicted octanol–water partition coefficient (Wildman–Crippen LogP) is 2.16. The van der Waals surface area contributed by atoms with E-state index in [1.54, 1.807) is 6.07 Å². The number of carbonyl (C=O) groups excluding carboxylic acids is 1. The van der Waals surface area contributed by atoms with Gasteiger partial charge in [-0.1, -0.05) is 30.3 Å². The second kappa shape index (κ2) is 8.68. The Bertz CT molecular complexity index is 666. The Morgan fingerprint density at radius 2 is 1.79 bits per heavy atom. The Balaban J connectivity index is 0.00000208. The highest BCUT2D eigenvalue weighted by Gasteiger charge is 2.25. The lowest BCUT2D eigenvalue weighted by atomic mass is 10.1. The summed E-state index contributed by atoms with van der Waals surface area (Å²) in [5, 5.41) is 19.1. The fourth-order valence-corrected chi connectivity index (χ4v) is 2.71. The first-order valence-electron chi connectivity index (χ1n) is 7.82. The molecule has 2 unspecified atom stereocenters. The van der Waals surface area contributed by atoms with Gasteiger partial charge in [0.1, 0.15) is 0 Å². The predicted molar refractivity (Wildman–Crippen MR) is 98.1 cm³/mol. The number of rotatable bonds is 5. The van der Waals surface area contributed by atoms with Crippen molar-refractivity contribution in [3.05, 3.63) is 60.2 Å². The topological polar surface area (TPSA) is 73.4 Å². The molecule has 1 saturated heterocycles. The molecule has 5 nitrogen and oxygen atoms in total. The molecule has 2 atom stereocenters. The molecule has 128 valence electrons. The van der Waals surface area contributed by atoms with Crippen molar-refractivity contribution in [2.24, 2.45) is 5.92 Å². The molecular weight excluding hydrogens is 326 g/mol. The molecule has 0 aliphatic carbocycles. The molecule has 1 heterocycles. The summed E-state index contributed by atoms with van der Waals surface area (Å²) in [6, 6.07) is 17.2. The minimum atomic E-state index is -0.395. The van der Waals surface area contributed by atoms with Crippen LogP contribution in [-0.4, -0.2) is 36.8 Å². The quantitative estimate of drug-likeness (QED) is 0.669. The zero-order valence-corrected chi connectivity index (χ0v) is 14.1. The number of nitrogens with one attached hydrogen (secondary N) is 3. The minimum absolute atomic E-state index is 0. The van der Waals surface area contributed by atoms with Crippen LogP contribution in [-0.2, 0) is 0 Å². The zero-order chi connectivity index (χ0) is 16.1. The lowest BCUT2D eigenvalue weighted by Gasteiger charge is -2.16. The standard InChI is InChI=1S/C18H21N3O2.ClH/c22-17-12-19-10-13(17)11-20-18(23)15-8-4-5-9-16(15)21-14-6-2-1-3-7-14;/h1-9,13,17,19,21-22H,10-12H2,(H,20,23);1H. The van der Waals surface area contributed by atoms with Gasteiger partial charge in [0.05, 0.1) is 17.4 Å². The molecule has 1 aliphatic heterocycles. The van der Waals surface area contributed by atoms with Gasteiger partial charge in [-0.25, -0.2) is 0 Å². The lowest BCUT2D eigenvalue weighted by Crippen LogP contribution is -2.34. The highest BCUT2D eigenvalue weighted by atomic mass is 35.5. The van der Waals surface area contributed by atoms with E-state index in [2.05, 4.69) is 16.0 Å². The molecule has 0 radical (unpaired) electrons. The van der Waals surface area contributed by atoms with Crippen molar-refractivity contribution in [3.8, 4) is 0 Å². The van der Waals surface area contributed by atoms with Crippen molar-refractivity contribution in [2.45, 2.75) is 6.10 Å². The molecule has 2 aromatic rings. The van der Waals surface area contributed by atoms with Crippen molar-refractivity contribution in [1.82, 2.24) is 10.6 Å². The summed E-state index contributed by atoms with van der Waals surface area (Å²) in [6.45, 7) is 1.78. The van der Waals surface area contributed by atoms with Gasteiger partial charge in [0.15, 0.2) is 0 Å². The van der Waals surface area contributed by atoms with Gasteiger partial charge in [-0.2, -0.15) is 0 Å². The third-order valence-electron chi connectivity index (χ3n) is 4.05. The number of hydrogen-bond donors (Lipinski definition) is 4. The van der Waals surface area contributed by atoms with Crippen LogP contribution in [0.4, 0.5) is 11.4 Å². The van der Waals surface area contributed by atoms with Crippen molar-refractivity contribution in [3.63, 3.8) is 0 Å². The Labute approximate surface area is 147 Å². The maximum Gasteiger partial charge on any atom is 0.253 e. The maximum absolute atomic E-state index is 12.5. The van der Waals surface area contributed by atoms with Gasteiger partial charge in [-0.05, 0) is 24.3 Å². The molecule has 2 aromatic carbocycles. The van der Waals surface area contributed by atoms with E-state index < -0.39 is 6.10 Å². The molecule has 1 fully saturated rings. The van der Waals surface area contributed by atoms with Gasteiger partial charge in [0.2, 0.25) is 0 Å². The Kier molecular flexibility index (Phi) is 6.61. The first-order chi connectivity index (χ1) is 11.2. The fraction of sp³-hybridized carbons (Fsp3) is 0.278. The van der Waals surface area contributed by atoms with Gasteiger partial charge >= 0.3 is 0 Å². The second-order valence-electron chi connectivity index (χ2n) is 5.73. The minimum Gasteiger partial charge on any atom is -0.391 e. The molecule has 0 saturated carbocycles. The van der Waals surface area contributed by atoms with Crippen molar-refractivity contribution >= 4 is 29.7 Å². The number of aliphatic hydroxyl groups excluding tert-OH is 1. The lowest BCUT2D eigenvalue weighted by molar-refractivity contribution is 0.0928. The summed E-state index contributed by atoms with van der Waals surface area (Å²) in [5.41, 5.74) is 2.29. The molecule has 24 heavy (non-hydrogen) atoms. The van der Waals surface area contributed by atoms with E-state index in [4.69, 9.17) is 0 Å². The van der Waals surface area contributed by atoms with E-state index in [0.717, 1.165) is 17.9 Å². The number of anilines is 2. The average molecular weight is 348 g/mol. The first-order valence-corrected chi connectivity index (χ1v) is 7.82. The number of amides is 1. The number of para-hydroxylation sites is 2. The van der Waals surface area contributed by atoms with Crippen molar-refractivity contribution in [1.29, 1.82) is 0 Å². The third-order valence-corrected chi connectivity index (χ3v) is 4.05. The molecule has 1 aliphatic rings. The summed E-state index contributed by atoms with van der Waals surface area (Å²) in [4.78, 5) is 12.5.